The van der Waals surface area contributed by atoms with Gasteiger partial charge in [-0.2, -0.15) is 5.10 Å². The van der Waals surface area contributed by atoms with Crippen LogP contribution in [0.5, 0.6) is 0 Å². The van der Waals surface area contributed by atoms with Crippen molar-refractivity contribution in [1.29, 1.82) is 0 Å². The average Bonchev–Trinajstić information content (AvgIpc) is 2.80. The molecule has 1 aromatic heterocycles. The number of hydrogen-bond acceptors (Lipinski definition) is 4. The number of aromatic nitrogens is 2. The summed E-state index contributed by atoms with van der Waals surface area (Å²) in [5, 5.41) is 16.2. The third-order valence-corrected chi connectivity index (χ3v) is 5.37. The zero-order chi connectivity index (χ0) is 20.1. The lowest BCUT2D eigenvalue weighted by molar-refractivity contribution is -0.145. The molecule has 0 spiro atoms. The molecule has 2 heterocycles. The summed E-state index contributed by atoms with van der Waals surface area (Å²) in [7, 11) is 0. The maximum atomic E-state index is 12.9. The Balaban J connectivity index is 1.99. The summed E-state index contributed by atoms with van der Waals surface area (Å²) in [5.41, 5.74) is 3.01. The molecule has 0 aliphatic carbocycles. The van der Waals surface area contributed by atoms with Gasteiger partial charge in [0.05, 0.1) is 5.69 Å². The van der Waals surface area contributed by atoms with Gasteiger partial charge in [-0.25, -0.2) is 0 Å². The van der Waals surface area contributed by atoms with Crippen LogP contribution >= 0.6 is 0 Å². The van der Waals surface area contributed by atoms with Gasteiger partial charge in [0.25, 0.3) is 0 Å². The summed E-state index contributed by atoms with van der Waals surface area (Å²) in [6.07, 6.45) is 2.72. The van der Waals surface area contributed by atoms with Crippen LogP contribution in [0.4, 0.5) is 0 Å². The number of aromatic amines is 1. The Morgan fingerprint density at radius 2 is 2.00 bits per heavy atom. The van der Waals surface area contributed by atoms with Gasteiger partial charge in [-0.1, -0.05) is 6.92 Å². The lowest BCUT2D eigenvalue weighted by Gasteiger charge is -2.29. The number of likely N-dealkylation sites (tertiary alicyclic amines) is 1. The molecule has 1 saturated heterocycles. The van der Waals surface area contributed by atoms with Crippen molar-refractivity contribution < 1.29 is 19.5 Å². The van der Waals surface area contributed by atoms with Crippen molar-refractivity contribution in [3.8, 4) is 0 Å². The van der Waals surface area contributed by atoms with E-state index in [4.69, 9.17) is 5.11 Å². The van der Waals surface area contributed by atoms with E-state index in [0.29, 0.717) is 32.4 Å². The highest BCUT2D eigenvalue weighted by molar-refractivity contribution is 5.80. The fourth-order valence-electron chi connectivity index (χ4n) is 3.83. The molecule has 150 valence electrons. The van der Waals surface area contributed by atoms with Gasteiger partial charge in [-0.3, -0.25) is 19.5 Å². The lowest BCUT2D eigenvalue weighted by atomic mass is 9.98. The van der Waals surface area contributed by atoms with Gasteiger partial charge in [-0.15, -0.1) is 0 Å². The normalized spacial score (nSPS) is 18.7. The largest absolute Gasteiger partial charge is 0.480 e. The molecule has 1 aliphatic rings. The van der Waals surface area contributed by atoms with Crippen LogP contribution in [-0.2, 0) is 20.8 Å². The monoisotopic (exact) mass is 378 g/mol. The quantitative estimate of drug-likeness (QED) is 0.780. The molecule has 0 bridgehead atoms. The van der Waals surface area contributed by atoms with Crippen LogP contribution in [0.15, 0.2) is 0 Å². The standard InChI is InChI=1S/C19H30N4O4/c1-12(10-17-13(2)20-21-14(17)3)19(27)22-8-5-6-16(7-9-22)23(15(4)24)11-18(25)26/h12,16H,5-11H2,1-4H3,(H,20,21)(H,25,26)/t12-,16+/m1/s1. The van der Waals surface area contributed by atoms with E-state index in [2.05, 4.69) is 10.2 Å². The van der Waals surface area contributed by atoms with E-state index in [-0.39, 0.29) is 30.3 Å². The Hall–Kier alpha value is -2.38. The first kappa shape index (κ1) is 20.9. The number of hydrogen-bond donors (Lipinski definition) is 2. The lowest BCUT2D eigenvalue weighted by Crippen LogP contribution is -2.43. The van der Waals surface area contributed by atoms with Crippen LogP contribution in [0.25, 0.3) is 0 Å². The number of carbonyl (C=O) groups is 3. The smallest absolute Gasteiger partial charge is 0.323 e. The Morgan fingerprint density at radius 1 is 1.30 bits per heavy atom. The summed E-state index contributed by atoms with van der Waals surface area (Å²) in [4.78, 5) is 39.1. The molecule has 2 N–H and O–H groups in total. The van der Waals surface area contributed by atoms with Crippen molar-refractivity contribution in [3.63, 3.8) is 0 Å². The number of nitrogens with one attached hydrogen (secondary N) is 1. The number of H-pyrrole nitrogens is 1. The zero-order valence-corrected chi connectivity index (χ0v) is 16.6. The van der Waals surface area contributed by atoms with Crippen LogP contribution in [0.2, 0.25) is 0 Å². The van der Waals surface area contributed by atoms with E-state index in [9.17, 15) is 14.4 Å². The maximum absolute atomic E-state index is 12.9. The number of carbonyl (C=O) groups excluding carboxylic acids is 2. The summed E-state index contributed by atoms with van der Waals surface area (Å²) >= 11 is 0. The van der Waals surface area contributed by atoms with Gasteiger partial charge >= 0.3 is 5.97 Å². The molecule has 1 fully saturated rings. The summed E-state index contributed by atoms with van der Waals surface area (Å²) in [5.74, 6) is -1.30. The predicted octanol–water partition coefficient (Wildman–Crippen LogP) is 1.52. The van der Waals surface area contributed by atoms with Crippen LogP contribution in [0.3, 0.4) is 0 Å². The van der Waals surface area contributed by atoms with Crippen LogP contribution < -0.4 is 0 Å². The fraction of sp³-hybridized carbons (Fsp3) is 0.684. The molecule has 27 heavy (non-hydrogen) atoms. The number of aliphatic carboxylic acids is 1. The Bertz CT molecular complexity index is 680. The molecule has 8 heteroatoms. The summed E-state index contributed by atoms with van der Waals surface area (Å²) < 4.78 is 0. The number of aryl methyl sites for hydroxylation is 2. The molecule has 2 atom stereocenters. The number of nitrogens with zero attached hydrogens (tertiary/aromatic N) is 3. The molecular formula is C19H30N4O4. The minimum Gasteiger partial charge on any atom is -0.480 e. The van der Waals surface area contributed by atoms with Gasteiger partial charge in [-0.05, 0) is 45.1 Å². The van der Waals surface area contributed by atoms with Crippen LogP contribution in [0, 0.1) is 19.8 Å². The van der Waals surface area contributed by atoms with E-state index < -0.39 is 5.97 Å². The zero-order valence-electron chi connectivity index (χ0n) is 16.6. The second-order valence-corrected chi connectivity index (χ2v) is 7.47. The predicted molar refractivity (Wildman–Crippen MR) is 100 cm³/mol. The maximum Gasteiger partial charge on any atom is 0.323 e. The SMILES string of the molecule is CC(=O)N(CC(=O)O)[C@H]1CCCN(C(=O)[C@H](C)Cc2c(C)n[nH]c2C)CC1. The van der Waals surface area contributed by atoms with Gasteiger partial charge in [0.15, 0.2) is 0 Å². The minimum absolute atomic E-state index is 0.100. The van der Waals surface area contributed by atoms with Gasteiger partial charge in [0, 0.05) is 37.7 Å². The molecule has 1 aliphatic heterocycles. The molecule has 1 aromatic rings. The highest BCUT2D eigenvalue weighted by Gasteiger charge is 2.29. The van der Waals surface area contributed by atoms with Crippen molar-refractivity contribution in [3.05, 3.63) is 17.0 Å². The average molecular weight is 378 g/mol. The van der Waals surface area contributed by atoms with Crippen molar-refractivity contribution in [2.75, 3.05) is 19.6 Å². The Morgan fingerprint density at radius 3 is 2.56 bits per heavy atom. The van der Waals surface area contributed by atoms with E-state index >= 15 is 0 Å². The number of carboxylic acid groups (broad SMARTS) is 1. The number of carboxylic acids is 1. The van der Waals surface area contributed by atoms with E-state index in [1.807, 2.05) is 25.7 Å². The third kappa shape index (κ3) is 5.30. The minimum atomic E-state index is -1.01. The van der Waals surface area contributed by atoms with Crippen molar-refractivity contribution in [2.24, 2.45) is 5.92 Å². The highest BCUT2D eigenvalue weighted by atomic mass is 16.4. The molecule has 0 unspecified atom stereocenters. The first-order valence-corrected chi connectivity index (χ1v) is 9.49. The Kier molecular flexibility index (Phi) is 6.98. The van der Waals surface area contributed by atoms with Crippen molar-refractivity contribution in [1.82, 2.24) is 20.0 Å². The van der Waals surface area contributed by atoms with Gasteiger partial charge in [0.2, 0.25) is 11.8 Å². The molecule has 2 amide bonds. The molecule has 2 rings (SSSR count). The van der Waals surface area contributed by atoms with Crippen molar-refractivity contribution >= 4 is 17.8 Å². The molecule has 0 radical (unpaired) electrons. The summed E-state index contributed by atoms with van der Waals surface area (Å²) in [6.45, 7) is 8.12. The molecule has 8 nitrogen and oxygen atoms in total. The Labute approximate surface area is 159 Å². The molecular weight excluding hydrogens is 348 g/mol. The second-order valence-electron chi connectivity index (χ2n) is 7.47. The first-order chi connectivity index (χ1) is 12.7. The topological polar surface area (TPSA) is 107 Å². The van der Waals surface area contributed by atoms with Crippen LogP contribution in [0.1, 0.15) is 50.1 Å². The van der Waals surface area contributed by atoms with E-state index in [1.54, 1.807) is 0 Å². The fourth-order valence-corrected chi connectivity index (χ4v) is 3.83. The molecule has 0 saturated carbocycles. The van der Waals surface area contributed by atoms with E-state index in [0.717, 1.165) is 23.4 Å². The number of rotatable bonds is 6. The highest BCUT2D eigenvalue weighted by Crippen LogP contribution is 2.21. The summed E-state index contributed by atoms with van der Waals surface area (Å²) in [6, 6.07) is -0.134. The van der Waals surface area contributed by atoms with E-state index in [1.165, 1.54) is 11.8 Å². The second kappa shape index (κ2) is 9.01. The van der Waals surface area contributed by atoms with Crippen molar-refractivity contribution in [2.45, 2.75) is 59.4 Å². The molecule has 0 aromatic carbocycles. The first-order valence-electron chi connectivity index (χ1n) is 9.49. The third-order valence-electron chi connectivity index (χ3n) is 5.37. The van der Waals surface area contributed by atoms with Crippen LogP contribution in [-0.4, -0.2) is 68.6 Å². The van der Waals surface area contributed by atoms with Gasteiger partial charge in [0.1, 0.15) is 6.54 Å². The van der Waals surface area contributed by atoms with Gasteiger partial charge < -0.3 is 14.9 Å². The number of amides is 2.